The lowest BCUT2D eigenvalue weighted by molar-refractivity contribution is 0.661. The zero-order chi connectivity index (χ0) is 40.0. The largest absolute Gasteiger partial charge is 0.309 e. The van der Waals surface area contributed by atoms with Crippen molar-refractivity contribution in [2.45, 2.75) is 19.3 Å². The number of nitrogens with zero attached hydrogens (tertiary/aromatic N) is 3. The first-order valence-corrected chi connectivity index (χ1v) is 20.8. The molecule has 12 rings (SSSR count). The average Bonchev–Trinajstić information content (AvgIpc) is 3.77. The third kappa shape index (κ3) is 5.09. The Hall–Kier alpha value is -7.62. The maximum atomic E-state index is 5.51. The molecule has 9 aromatic carbocycles. The van der Waals surface area contributed by atoms with Crippen LogP contribution in [0.1, 0.15) is 25.0 Å². The molecule has 1 aliphatic rings. The summed E-state index contributed by atoms with van der Waals surface area (Å²) in [6.45, 7) is 4.73. The summed E-state index contributed by atoms with van der Waals surface area (Å²) in [6.07, 6.45) is 0. The van der Waals surface area contributed by atoms with E-state index in [1.54, 1.807) is 0 Å². The van der Waals surface area contributed by atoms with Gasteiger partial charge in [0.05, 0.1) is 22.4 Å². The predicted molar refractivity (Wildman–Crippen MR) is 251 cm³/mol. The first kappa shape index (κ1) is 34.4. The van der Waals surface area contributed by atoms with E-state index >= 15 is 0 Å². The van der Waals surface area contributed by atoms with Gasteiger partial charge in [0.2, 0.25) is 0 Å². The van der Waals surface area contributed by atoms with Crippen molar-refractivity contribution in [2.24, 2.45) is 0 Å². The topological polar surface area (TPSA) is 30.7 Å². The van der Waals surface area contributed by atoms with E-state index in [0.717, 1.165) is 50.2 Å². The van der Waals surface area contributed by atoms with Gasteiger partial charge in [-0.15, -0.1) is 0 Å². The summed E-state index contributed by atoms with van der Waals surface area (Å²) >= 11 is 0. The summed E-state index contributed by atoms with van der Waals surface area (Å²) in [5.74, 6) is 0.702. The minimum Gasteiger partial charge on any atom is -0.309 e. The molecular formula is C57H39N3. The minimum absolute atomic E-state index is 0.126. The first-order valence-electron chi connectivity index (χ1n) is 20.8. The molecule has 3 nitrogen and oxygen atoms in total. The zero-order valence-corrected chi connectivity index (χ0v) is 33.4. The molecule has 0 unspecified atom stereocenters. The fourth-order valence-electron chi connectivity index (χ4n) is 10.1. The molecule has 0 spiro atoms. The standard InChI is InChI=1S/C57H39N3/c1-57(2)47-28-15-26-43(55(47)54-39-22-10-9-17-36(39)31-34-48(54)57)42-32-33-44(41-24-12-11-23-40(41)42)56-58-49(37-18-5-3-6-19-37)35-50(59-56)45-27-16-30-52-53(45)46-25-13-14-29-51(46)60(52)38-20-7-4-8-21-38/h3-35H,1-2H3. The maximum absolute atomic E-state index is 5.51. The zero-order valence-electron chi connectivity index (χ0n) is 33.4. The Morgan fingerprint density at radius 1 is 0.400 bits per heavy atom. The lowest BCUT2D eigenvalue weighted by Crippen LogP contribution is -2.14. The Morgan fingerprint density at radius 3 is 1.82 bits per heavy atom. The third-order valence-electron chi connectivity index (χ3n) is 12.8. The summed E-state index contributed by atoms with van der Waals surface area (Å²) in [4.78, 5) is 10.9. The molecule has 11 aromatic rings. The predicted octanol–water partition coefficient (Wildman–Crippen LogP) is 14.9. The van der Waals surface area contributed by atoms with Crippen LogP contribution in [0.15, 0.2) is 200 Å². The first-order chi connectivity index (χ1) is 29.5. The highest BCUT2D eigenvalue weighted by atomic mass is 15.0. The van der Waals surface area contributed by atoms with E-state index in [2.05, 4.69) is 219 Å². The van der Waals surface area contributed by atoms with E-state index in [1.165, 1.54) is 60.3 Å². The summed E-state index contributed by atoms with van der Waals surface area (Å²) in [7, 11) is 0. The maximum Gasteiger partial charge on any atom is 0.161 e. The molecule has 60 heavy (non-hydrogen) atoms. The van der Waals surface area contributed by atoms with Crippen molar-refractivity contribution in [2.75, 3.05) is 0 Å². The van der Waals surface area contributed by atoms with Gasteiger partial charge < -0.3 is 4.57 Å². The second-order valence-electron chi connectivity index (χ2n) is 16.5. The third-order valence-corrected chi connectivity index (χ3v) is 12.8. The van der Waals surface area contributed by atoms with Crippen LogP contribution in [0.25, 0.3) is 105 Å². The van der Waals surface area contributed by atoms with Crippen LogP contribution < -0.4 is 0 Å². The van der Waals surface area contributed by atoms with Crippen LogP contribution in [-0.4, -0.2) is 14.5 Å². The lowest BCUT2D eigenvalue weighted by atomic mass is 9.81. The molecule has 282 valence electrons. The van der Waals surface area contributed by atoms with Crippen molar-refractivity contribution in [3.8, 4) is 61.8 Å². The highest BCUT2D eigenvalue weighted by Gasteiger charge is 2.38. The van der Waals surface area contributed by atoms with Gasteiger partial charge in [0.15, 0.2) is 5.82 Å². The van der Waals surface area contributed by atoms with Gasteiger partial charge in [-0.2, -0.15) is 0 Å². The van der Waals surface area contributed by atoms with Crippen LogP contribution in [0.2, 0.25) is 0 Å². The fourth-order valence-corrected chi connectivity index (χ4v) is 10.1. The van der Waals surface area contributed by atoms with E-state index in [1.807, 2.05) is 0 Å². The van der Waals surface area contributed by atoms with Gasteiger partial charge in [-0.25, -0.2) is 9.97 Å². The molecule has 0 N–H and O–H groups in total. The van der Waals surface area contributed by atoms with E-state index in [4.69, 9.17) is 9.97 Å². The quantitative estimate of drug-likeness (QED) is 0.175. The average molecular weight is 766 g/mol. The van der Waals surface area contributed by atoms with Crippen LogP contribution in [0.3, 0.4) is 0 Å². The molecule has 2 heterocycles. The molecule has 0 atom stereocenters. The van der Waals surface area contributed by atoms with Crippen LogP contribution >= 0.6 is 0 Å². The smallest absolute Gasteiger partial charge is 0.161 e. The Kier molecular flexibility index (Phi) is 7.58. The van der Waals surface area contributed by atoms with E-state index < -0.39 is 0 Å². The molecule has 3 heteroatoms. The van der Waals surface area contributed by atoms with Crippen molar-refractivity contribution in [1.82, 2.24) is 14.5 Å². The number of fused-ring (bicyclic) bond motifs is 9. The minimum atomic E-state index is -0.126. The second kappa shape index (κ2) is 13.2. The lowest BCUT2D eigenvalue weighted by Gasteiger charge is -2.22. The highest BCUT2D eigenvalue weighted by molar-refractivity contribution is 6.16. The molecule has 1 aliphatic carbocycles. The number of aromatic nitrogens is 3. The van der Waals surface area contributed by atoms with E-state index in [-0.39, 0.29) is 5.41 Å². The van der Waals surface area contributed by atoms with Crippen molar-refractivity contribution in [1.29, 1.82) is 0 Å². The summed E-state index contributed by atoms with van der Waals surface area (Å²) < 4.78 is 2.36. The van der Waals surface area contributed by atoms with Crippen LogP contribution in [0, 0.1) is 0 Å². The Bertz CT molecular complexity index is 3500. The molecule has 0 aliphatic heterocycles. The van der Waals surface area contributed by atoms with Gasteiger partial charge in [0.1, 0.15) is 0 Å². The normalized spacial score (nSPS) is 13.0. The van der Waals surface area contributed by atoms with Gasteiger partial charge in [-0.1, -0.05) is 178 Å². The molecule has 0 bridgehead atoms. The number of hydrogen-bond acceptors (Lipinski definition) is 2. The molecular weight excluding hydrogens is 727 g/mol. The second-order valence-corrected chi connectivity index (χ2v) is 16.5. The summed E-state index contributed by atoms with van der Waals surface area (Å²) in [5.41, 5.74) is 16.1. The Balaban J connectivity index is 1.10. The Morgan fingerprint density at radius 2 is 1.00 bits per heavy atom. The van der Waals surface area contributed by atoms with E-state index in [9.17, 15) is 0 Å². The molecule has 0 fully saturated rings. The van der Waals surface area contributed by atoms with Gasteiger partial charge in [0, 0.05) is 38.6 Å². The fraction of sp³-hybridized carbons (Fsp3) is 0.0526. The van der Waals surface area contributed by atoms with Crippen molar-refractivity contribution < 1.29 is 0 Å². The van der Waals surface area contributed by atoms with Crippen LogP contribution in [-0.2, 0) is 5.41 Å². The number of rotatable bonds is 5. The van der Waals surface area contributed by atoms with Gasteiger partial charge >= 0.3 is 0 Å². The SMILES string of the molecule is CC1(C)c2cccc(-c3ccc(-c4nc(-c5ccccc5)cc(-c5cccc6c5c5ccccc5n6-c5ccccc5)n4)c4ccccc34)c2-c2c1ccc1ccccc21. The van der Waals surface area contributed by atoms with Crippen molar-refractivity contribution >= 4 is 43.4 Å². The van der Waals surface area contributed by atoms with Gasteiger partial charge in [-0.05, 0) is 91.3 Å². The van der Waals surface area contributed by atoms with Crippen LogP contribution in [0.4, 0.5) is 0 Å². The van der Waals surface area contributed by atoms with Crippen molar-refractivity contribution in [3.05, 3.63) is 211 Å². The summed E-state index contributed by atoms with van der Waals surface area (Å²) in [5, 5.41) is 7.24. The van der Waals surface area contributed by atoms with E-state index in [0.29, 0.717) is 5.82 Å². The summed E-state index contributed by atoms with van der Waals surface area (Å²) in [6, 6.07) is 72.2. The Labute approximate surface area is 348 Å². The van der Waals surface area contributed by atoms with Crippen molar-refractivity contribution in [3.63, 3.8) is 0 Å². The molecule has 2 aromatic heterocycles. The number of para-hydroxylation sites is 2. The molecule has 0 saturated heterocycles. The molecule has 0 radical (unpaired) electrons. The highest BCUT2D eigenvalue weighted by Crippen LogP contribution is 2.55. The molecule has 0 amide bonds. The monoisotopic (exact) mass is 765 g/mol. The van der Waals surface area contributed by atoms with Gasteiger partial charge in [0.25, 0.3) is 0 Å². The van der Waals surface area contributed by atoms with Gasteiger partial charge in [-0.3, -0.25) is 0 Å². The number of hydrogen-bond donors (Lipinski definition) is 0. The van der Waals surface area contributed by atoms with Crippen LogP contribution in [0.5, 0.6) is 0 Å². The number of benzene rings is 9. The molecule has 0 saturated carbocycles.